The summed E-state index contributed by atoms with van der Waals surface area (Å²) in [4.78, 5) is 4.37. The number of ether oxygens (including phenoxy) is 1. The van der Waals surface area contributed by atoms with E-state index in [1.54, 1.807) is 6.20 Å². The molecular formula is C15H25BrN2O. The van der Waals surface area contributed by atoms with Gasteiger partial charge in [-0.25, -0.2) is 4.98 Å². The summed E-state index contributed by atoms with van der Waals surface area (Å²) in [7, 11) is 1.93. The van der Waals surface area contributed by atoms with Gasteiger partial charge in [-0.3, -0.25) is 0 Å². The van der Waals surface area contributed by atoms with Crippen LogP contribution in [0.5, 0.6) is 5.88 Å². The highest BCUT2D eigenvalue weighted by molar-refractivity contribution is 9.10. The molecule has 0 saturated heterocycles. The Bertz CT molecular complexity index is 371. The van der Waals surface area contributed by atoms with Gasteiger partial charge in [0.15, 0.2) is 0 Å². The highest BCUT2D eigenvalue weighted by Gasteiger charge is 2.10. The molecule has 0 aliphatic heterocycles. The predicted molar refractivity (Wildman–Crippen MR) is 83.5 cm³/mol. The number of nitrogens with zero attached hydrogens (tertiary/aromatic N) is 1. The molecule has 1 unspecified atom stereocenters. The second-order valence-corrected chi connectivity index (χ2v) is 5.84. The first kappa shape index (κ1) is 16.4. The molecule has 0 bridgehead atoms. The Morgan fingerprint density at radius 1 is 1.37 bits per heavy atom. The van der Waals surface area contributed by atoms with Crippen LogP contribution in [-0.2, 0) is 6.54 Å². The lowest BCUT2D eigenvalue weighted by Crippen LogP contribution is -2.15. The molecule has 0 radical (unpaired) electrons. The molecule has 0 spiro atoms. The average Bonchev–Trinajstić information content (AvgIpc) is 2.38. The summed E-state index contributed by atoms with van der Waals surface area (Å²) in [5, 5.41) is 3.14. The minimum Gasteiger partial charge on any atom is -0.474 e. The highest BCUT2D eigenvalue weighted by Crippen LogP contribution is 2.22. The smallest absolute Gasteiger partial charge is 0.218 e. The van der Waals surface area contributed by atoms with Crippen LogP contribution in [0.3, 0.4) is 0 Å². The summed E-state index contributed by atoms with van der Waals surface area (Å²) in [6.07, 6.45) is 8.22. The molecule has 1 heterocycles. The number of halogens is 1. The molecule has 1 aromatic rings. The first-order valence-corrected chi connectivity index (χ1v) is 7.92. The van der Waals surface area contributed by atoms with E-state index in [0.29, 0.717) is 0 Å². The Morgan fingerprint density at radius 3 is 2.84 bits per heavy atom. The Balaban J connectivity index is 2.50. The number of hydrogen-bond acceptors (Lipinski definition) is 3. The lowest BCUT2D eigenvalue weighted by Gasteiger charge is -2.16. The van der Waals surface area contributed by atoms with Crippen LogP contribution in [0.25, 0.3) is 0 Å². The maximum absolute atomic E-state index is 5.96. The summed E-state index contributed by atoms with van der Waals surface area (Å²) >= 11 is 3.45. The standard InChI is InChI=1S/C15H25BrN2O/c1-4-5-6-7-8-12(2)19-15-13(10-17-3)9-14(16)11-18-15/h9,11-12,17H,4-8,10H2,1-3H3. The summed E-state index contributed by atoms with van der Waals surface area (Å²) in [5.41, 5.74) is 1.09. The number of nitrogens with one attached hydrogen (secondary N) is 1. The number of unbranched alkanes of at least 4 members (excludes halogenated alkanes) is 3. The molecule has 1 atom stereocenters. The second kappa shape index (κ2) is 9.32. The SMILES string of the molecule is CCCCCCC(C)Oc1ncc(Br)cc1CNC. The van der Waals surface area contributed by atoms with Crippen molar-refractivity contribution >= 4 is 15.9 Å². The normalized spacial score (nSPS) is 12.4. The zero-order valence-corrected chi connectivity index (χ0v) is 13.8. The molecular weight excluding hydrogens is 304 g/mol. The largest absolute Gasteiger partial charge is 0.474 e. The molecule has 0 aliphatic rings. The van der Waals surface area contributed by atoms with Crippen LogP contribution >= 0.6 is 15.9 Å². The van der Waals surface area contributed by atoms with Crippen molar-refractivity contribution in [1.82, 2.24) is 10.3 Å². The summed E-state index contributed by atoms with van der Waals surface area (Å²) < 4.78 is 6.95. The maximum Gasteiger partial charge on any atom is 0.218 e. The second-order valence-electron chi connectivity index (χ2n) is 4.93. The monoisotopic (exact) mass is 328 g/mol. The van der Waals surface area contributed by atoms with Crippen molar-refractivity contribution in [3.8, 4) is 5.88 Å². The van der Waals surface area contributed by atoms with Crippen molar-refractivity contribution in [3.63, 3.8) is 0 Å². The molecule has 1 aromatic heterocycles. The van der Waals surface area contributed by atoms with Crippen molar-refractivity contribution in [2.45, 2.75) is 58.6 Å². The van der Waals surface area contributed by atoms with Crippen molar-refractivity contribution < 1.29 is 4.74 Å². The summed E-state index contributed by atoms with van der Waals surface area (Å²) in [6.45, 7) is 5.12. The lowest BCUT2D eigenvalue weighted by atomic mass is 10.1. The molecule has 0 saturated carbocycles. The molecule has 1 rings (SSSR count). The average molecular weight is 329 g/mol. The van der Waals surface area contributed by atoms with E-state index in [4.69, 9.17) is 4.74 Å². The van der Waals surface area contributed by atoms with Crippen molar-refractivity contribution in [1.29, 1.82) is 0 Å². The third-order valence-electron chi connectivity index (χ3n) is 3.04. The van der Waals surface area contributed by atoms with E-state index in [1.807, 2.05) is 7.05 Å². The van der Waals surface area contributed by atoms with Gasteiger partial charge in [0, 0.05) is 22.8 Å². The third kappa shape index (κ3) is 6.39. The first-order chi connectivity index (χ1) is 9.17. The van der Waals surface area contributed by atoms with Crippen molar-refractivity contribution in [3.05, 3.63) is 22.3 Å². The predicted octanol–water partition coefficient (Wildman–Crippen LogP) is 4.30. The molecule has 0 amide bonds. The Hall–Kier alpha value is -0.610. The van der Waals surface area contributed by atoms with Gasteiger partial charge in [0.25, 0.3) is 0 Å². The van der Waals surface area contributed by atoms with Gasteiger partial charge in [-0.2, -0.15) is 0 Å². The molecule has 0 aliphatic carbocycles. The van der Waals surface area contributed by atoms with Crippen molar-refractivity contribution in [2.24, 2.45) is 0 Å². The van der Waals surface area contributed by atoms with E-state index >= 15 is 0 Å². The van der Waals surface area contributed by atoms with Gasteiger partial charge in [0.2, 0.25) is 5.88 Å². The van der Waals surface area contributed by atoms with Gasteiger partial charge in [-0.1, -0.05) is 26.2 Å². The van der Waals surface area contributed by atoms with Gasteiger partial charge in [0.05, 0.1) is 6.10 Å². The molecule has 4 heteroatoms. The topological polar surface area (TPSA) is 34.1 Å². The van der Waals surface area contributed by atoms with Gasteiger partial charge in [0.1, 0.15) is 0 Å². The quantitative estimate of drug-likeness (QED) is 0.686. The van der Waals surface area contributed by atoms with E-state index in [-0.39, 0.29) is 6.10 Å². The summed E-state index contributed by atoms with van der Waals surface area (Å²) in [6, 6.07) is 2.06. The molecule has 0 aromatic carbocycles. The fourth-order valence-electron chi connectivity index (χ4n) is 2.00. The van der Waals surface area contributed by atoms with E-state index in [9.17, 15) is 0 Å². The third-order valence-corrected chi connectivity index (χ3v) is 3.47. The Labute approximate surface area is 125 Å². The number of hydrogen-bond donors (Lipinski definition) is 1. The summed E-state index contributed by atoms with van der Waals surface area (Å²) in [5.74, 6) is 0.751. The zero-order chi connectivity index (χ0) is 14.1. The molecule has 19 heavy (non-hydrogen) atoms. The molecule has 3 nitrogen and oxygen atoms in total. The fourth-order valence-corrected chi connectivity index (χ4v) is 2.38. The Morgan fingerprint density at radius 2 is 2.16 bits per heavy atom. The van der Waals surface area contributed by atoms with Crippen LogP contribution in [0.15, 0.2) is 16.7 Å². The molecule has 0 fully saturated rings. The van der Waals surface area contributed by atoms with Crippen LogP contribution in [0.2, 0.25) is 0 Å². The van der Waals surface area contributed by atoms with Gasteiger partial charge >= 0.3 is 0 Å². The Kier molecular flexibility index (Phi) is 8.07. The number of pyridine rings is 1. The molecule has 108 valence electrons. The first-order valence-electron chi connectivity index (χ1n) is 7.13. The minimum absolute atomic E-state index is 0.223. The van der Waals surface area contributed by atoms with Gasteiger partial charge in [-0.15, -0.1) is 0 Å². The van der Waals surface area contributed by atoms with E-state index < -0.39 is 0 Å². The zero-order valence-electron chi connectivity index (χ0n) is 12.2. The minimum atomic E-state index is 0.223. The van der Waals surface area contributed by atoms with Crippen LogP contribution in [0, 0.1) is 0 Å². The van der Waals surface area contributed by atoms with Gasteiger partial charge in [-0.05, 0) is 48.8 Å². The van der Waals surface area contributed by atoms with E-state index in [0.717, 1.165) is 28.9 Å². The maximum atomic E-state index is 5.96. The van der Waals surface area contributed by atoms with E-state index in [1.165, 1.54) is 25.7 Å². The molecule has 1 N–H and O–H groups in total. The van der Waals surface area contributed by atoms with Crippen LogP contribution in [-0.4, -0.2) is 18.1 Å². The van der Waals surface area contributed by atoms with Crippen molar-refractivity contribution in [2.75, 3.05) is 7.05 Å². The highest BCUT2D eigenvalue weighted by atomic mass is 79.9. The number of aromatic nitrogens is 1. The van der Waals surface area contributed by atoms with Crippen LogP contribution < -0.4 is 10.1 Å². The van der Waals surface area contributed by atoms with Crippen LogP contribution in [0.1, 0.15) is 51.5 Å². The lowest BCUT2D eigenvalue weighted by molar-refractivity contribution is 0.195. The van der Waals surface area contributed by atoms with Gasteiger partial charge < -0.3 is 10.1 Å². The van der Waals surface area contributed by atoms with E-state index in [2.05, 4.69) is 46.1 Å². The van der Waals surface area contributed by atoms with Crippen LogP contribution in [0.4, 0.5) is 0 Å². The number of rotatable bonds is 9. The fraction of sp³-hybridized carbons (Fsp3) is 0.667.